The highest BCUT2D eigenvalue weighted by atomic mass is 16.5. The molecule has 0 radical (unpaired) electrons. The zero-order valence-corrected chi connectivity index (χ0v) is 9.86. The molecule has 1 aromatic rings. The van der Waals surface area contributed by atoms with Gasteiger partial charge >= 0.3 is 0 Å². The molecule has 0 fully saturated rings. The van der Waals surface area contributed by atoms with E-state index in [1.807, 2.05) is 13.8 Å². The fraction of sp³-hybridized carbons (Fsp3) is 0.417. The van der Waals surface area contributed by atoms with Crippen LogP contribution in [0.2, 0.25) is 0 Å². The zero-order chi connectivity index (χ0) is 12.0. The summed E-state index contributed by atoms with van der Waals surface area (Å²) in [5.74, 6) is 0.124. The van der Waals surface area contributed by atoms with Crippen molar-refractivity contribution in [1.82, 2.24) is 9.97 Å². The number of nitrogens with zero attached hydrogens (tertiary/aromatic N) is 2. The minimum atomic E-state index is -0.149. The van der Waals surface area contributed by atoms with Crippen molar-refractivity contribution in [2.75, 3.05) is 7.11 Å². The van der Waals surface area contributed by atoms with Crippen LogP contribution in [0.5, 0.6) is 5.88 Å². The molecule has 4 heteroatoms. The van der Waals surface area contributed by atoms with Crippen LogP contribution in [0, 0.1) is 0 Å². The number of ether oxygens (including phenoxy) is 1. The summed E-state index contributed by atoms with van der Waals surface area (Å²) >= 11 is 0. The van der Waals surface area contributed by atoms with Crippen molar-refractivity contribution < 1.29 is 9.53 Å². The normalized spacial score (nSPS) is 9.69. The van der Waals surface area contributed by atoms with Crippen molar-refractivity contribution >= 4 is 5.78 Å². The highest BCUT2D eigenvalue weighted by molar-refractivity contribution is 6.04. The Morgan fingerprint density at radius 3 is 2.50 bits per heavy atom. The Morgan fingerprint density at radius 2 is 1.94 bits per heavy atom. The second kappa shape index (κ2) is 6.00. The molecule has 0 amide bonds. The Hall–Kier alpha value is -1.71. The third-order valence-electron chi connectivity index (χ3n) is 2.33. The summed E-state index contributed by atoms with van der Waals surface area (Å²) in [6, 6.07) is 0. The molecule has 1 rings (SSSR count). The second-order valence-corrected chi connectivity index (χ2v) is 3.29. The number of rotatable bonds is 5. The first kappa shape index (κ1) is 12.4. The summed E-state index contributed by atoms with van der Waals surface area (Å²) in [7, 11) is 1.48. The lowest BCUT2D eigenvalue weighted by Crippen LogP contribution is -2.04. The number of methoxy groups -OCH3 is 1. The van der Waals surface area contributed by atoms with Gasteiger partial charge in [-0.1, -0.05) is 19.4 Å². The van der Waals surface area contributed by atoms with E-state index >= 15 is 0 Å². The van der Waals surface area contributed by atoms with Gasteiger partial charge < -0.3 is 4.74 Å². The molecule has 1 aromatic heterocycles. The third kappa shape index (κ3) is 2.89. The van der Waals surface area contributed by atoms with Crippen LogP contribution in [0.15, 0.2) is 24.0 Å². The third-order valence-corrected chi connectivity index (χ3v) is 2.33. The van der Waals surface area contributed by atoms with Gasteiger partial charge in [0.25, 0.3) is 0 Å². The van der Waals surface area contributed by atoms with E-state index in [9.17, 15) is 4.79 Å². The second-order valence-electron chi connectivity index (χ2n) is 3.29. The smallest absolute Gasteiger partial charge is 0.243 e. The van der Waals surface area contributed by atoms with Gasteiger partial charge in [-0.15, -0.1) is 0 Å². The summed E-state index contributed by atoms with van der Waals surface area (Å²) < 4.78 is 4.99. The highest BCUT2D eigenvalue weighted by Crippen LogP contribution is 2.14. The van der Waals surface area contributed by atoms with Gasteiger partial charge in [0.2, 0.25) is 11.7 Å². The van der Waals surface area contributed by atoms with Crippen LogP contribution in [0.1, 0.15) is 37.2 Å². The maximum atomic E-state index is 11.9. The van der Waals surface area contributed by atoms with E-state index in [1.54, 1.807) is 6.08 Å². The molecule has 0 unspecified atom stereocenters. The average molecular weight is 220 g/mol. The van der Waals surface area contributed by atoms with E-state index in [-0.39, 0.29) is 17.4 Å². The highest BCUT2D eigenvalue weighted by Gasteiger charge is 2.12. The standard InChI is InChI=1S/C12H16N2O2/c1-4-9(5-2)8-10(15)11-12(16-3)14-7-6-13-11/h6-8H,4-5H2,1-3H3. The Morgan fingerprint density at radius 1 is 1.31 bits per heavy atom. The maximum absolute atomic E-state index is 11.9. The number of hydrogen-bond donors (Lipinski definition) is 0. The largest absolute Gasteiger partial charge is 0.479 e. The Bertz CT molecular complexity index is 394. The van der Waals surface area contributed by atoms with E-state index in [2.05, 4.69) is 9.97 Å². The molecule has 0 saturated heterocycles. The minimum absolute atomic E-state index is 0.149. The summed E-state index contributed by atoms with van der Waals surface area (Å²) in [4.78, 5) is 19.8. The number of carbonyl (C=O) groups is 1. The molecule has 4 nitrogen and oxygen atoms in total. The van der Waals surface area contributed by atoms with Crippen LogP contribution in [-0.2, 0) is 0 Å². The summed E-state index contributed by atoms with van der Waals surface area (Å²) in [6.07, 6.45) is 6.34. The summed E-state index contributed by atoms with van der Waals surface area (Å²) in [6.45, 7) is 4.05. The number of aromatic nitrogens is 2. The van der Waals surface area contributed by atoms with Crippen LogP contribution < -0.4 is 4.74 Å². The van der Waals surface area contributed by atoms with E-state index in [4.69, 9.17) is 4.74 Å². The summed E-state index contributed by atoms with van der Waals surface area (Å²) in [5, 5.41) is 0. The quantitative estimate of drug-likeness (QED) is 0.565. The Balaban J connectivity index is 3.00. The molecule has 0 N–H and O–H groups in total. The van der Waals surface area contributed by atoms with Gasteiger partial charge in [0.05, 0.1) is 7.11 Å². The van der Waals surface area contributed by atoms with Crippen molar-refractivity contribution in [2.24, 2.45) is 0 Å². The molecule has 0 saturated carbocycles. The van der Waals surface area contributed by atoms with Crippen LogP contribution in [0.25, 0.3) is 0 Å². The SMILES string of the molecule is CCC(=CC(=O)c1nccnc1OC)CC. The van der Waals surface area contributed by atoms with E-state index < -0.39 is 0 Å². The maximum Gasteiger partial charge on any atom is 0.243 e. The van der Waals surface area contributed by atoms with Crippen molar-refractivity contribution in [3.8, 4) is 5.88 Å². The number of ketones is 1. The molecular formula is C12H16N2O2. The minimum Gasteiger partial charge on any atom is -0.479 e. The van der Waals surface area contributed by atoms with Gasteiger partial charge in [-0.05, 0) is 18.9 Å². The van der Waals surface area contributed by atoms with Crippen LogP contribution in [-0.4, -0.2) is 22.9 Å². The molecule has 86 valence electrons. The monoisotopic (exact) mass is 220 g/mol. The zero-order valence-electron chi connectivity index (χ0n) is 9.86. The molecule has 1 heterocycles. The predicted molar refractivity (Wildman–Crippen MR) is 61.6 cm³/mol. The van der Waals surface area contributed by atoms with E-state index in [0.717, 1.165) is 18.4 Å². The molecule has 0 aromatic carbocycles. The van der Waals surface area contributed by atoms with Crippen molar-refractivity contribution in [1.29, 1.82) is 0 Å². The topological polar surface area (TPSA) is 52.1 Å². The molecule has 0 aliphatic carbocycles. The molecule has 16 heavy (non-hydrogen) atoms. The van der Waals surface area contributed by atoms with Gasteiger partial charge in [0, 0.05) is 12.4 Å². The first-order valence-electron chi connectivity index (χ1n) is 5.31. The molecule has 0 spiro atoms. The number of hydrogen-bond acceptors (Lipinski definition) is 4. The van der Waals surface area contributed by atoms with Crippen molar-refractivity contribution in [2.45, 2.75) is 26.7 Å². The molecule has 0 atom stereocenters. The first-order valence-corrected chi connectivity index (χ1v) is 5.31. The van der Waals surface area contributed by atoms with Gasteiger partial charge in [-0.3, -0.25) is 4.79 Å². The van der Waals surface area contributed by atoms with Crippen molar-refractivity contribution in [3.05, 3.63) is 29.7 Å². The van der Waals surface area contributed by atoms with Crippen LogP contribution in [0.3, 0.4) is 0 Å². The molecule has 0 aliphatic rings. The van der Waals surface area contributed by atoms with E-state index in [1.165, 1.54) is 19.5 Å². The molecule has 0 bridgehead atoms. The molecular weight excluding hydrogens is 204 g/mol. The average Bonchev–Trinajstić information content (AvgIpc) is 2.35. The molecule has 0 aliphatic heterocycles. The summed E-state index contributed by atoms with van der Waals surface area (Å²) in [5.41, 5.74) is 1.36. The fourth-order valence-electron chi connectivity index (χ4n) is 1.35. The van der Waals surface area contributed by atoms with Gasteiger partial charge in [-0.2, -0.15) is 0 Å². The fourth-order valence-corrected chi connectivity index (χ4v) is 1.35. The van der Waals surface area contributed by atoms with Gasteiger partial charge in [-0.25, -0.2) is 9.97 Å². The lowest BCUT2D eigenvalue weighted by atomic mass is 10.1. The number of carbonyl (C=O) groups excluding carboxylic acids is 1. The predicted octanol–water partition coefficient (Wildman–Crippen LogP) is 2.41. The Kier molecular flexibility index (Phi) is 4.64. The Labute approximate surface area is 95.4 Å². The number of allylic oxidation sites excluding steroid dienone is 2. The van der Waals surface area contributed by atoms with Crippen LogP contribution in [0.4, 0.5) is 0 Å². The van der Waals surface area contributed by atoms with Gasteiger partial charge in [0.1, 0.15) is 0 Å². The van der Waals surface area contributed by atoms with E-state index in [0.29, 0.717) is 0 Å². The lowest BCUT2D eigenvalue weighted by Gasteiger charge is -2.03. The van der Waals surface area contributed by atoms with Crippen molar-refractivity contribution in [3.63, 3.8) is 0 Å². The lowest BCUT2D eigenvalue weighted by molar-refractivity contribution is 0.103. The first-order chi connectivity index (χ1) is 7.72. The van der Waals surface area contributed by atoms with Gasteiger partial charge in [0.15, 0.2) is 5.69 Å². The van der Waals surface area contributed by atoms with Crippen LogP contribution >= 0.6 is 0 Å².